The Morgan fingerprint density at radius 2 is 2.22 bits per heavy atom. The molecule has 0 saturated carbocycles. The van der Waals surface area contributed by atoms with Gasteiger partial charge in [0.15, 0.2) is 0 Å². The van der Waals surface area contributed by atoms with E-state index in [1.54, 1.807) is 6.92 Å². The molecule has 44 valence electrons. The van der Waals surface area contributed by atoms with Crippen molar-refractivity contribution in [2.24, 2.45) is 0 Å². The molecule has 0 bridgehead atoms. The Labute approximate surface area is 104 Å². The van der Waals surface area contributed by atoms with Gasteiger partial charge in [-0.15, -0.1) is 6.07 Å². The molecule has 0 aromatic heterocycles. The summed E-state index contributed by atoms with van der Waals surface area (Å²) in [5.74, 6) is 0.626. The summed E-state index contributed by atoms with van der Waals surface area (Å²) in [6, 6.07) is 1.89. The van der Waals surface area contributed by atoms with Gasteiger partial charge in [-0.2, -0.15) is 6.92 Å². The second-order valence-corrected chi connectivity index (χ2v) is 1.77. The van der Waals surface area contributed by atoms with Crippen molar-refractivity contribution in [3.05, 3.63) is 5.92 Å². The van der Waals surface area contributed by atoms with E-state index >= 15 is 0 Å². The van der Waals surface area contributed by atoms with Crippen LogP contribution in [0.1, 0.15) is 20.3 Å². The molecule has 0 saturated heterocycles. The Morgan fingerprint density at radius 1 is 1.78 bits per heavy atom. The van der Waals surface area contributed by atoms with Crippen LogP contribution >= 0.6 is 0 Å². The van der Waals surface area contributed by atoms with Crippen molar-refractivity contribution < 1.29 is 63.0 Å². The molecule has 2 nitrogen and oxygen atoms in total. The molecule has 0 rings (SSSR count). The van der Waals surface area contributed by atoms with Crippen molar-refractivity contribution in [1.29, 1.82) is 5.26 Å². The van der Waals surface area contributed by atoms with E-state index in [-0.39, 0.29) is 64.0 Å². The van der Waals surface area contributed by atoms with Crippen molar-refractivity contribution in [3.63, 3.8) is 0 Å². The van der Waals surface area contributed by atoms with Crippen LogP contribution < -0.4 is 58.2 Å². The number of rotatable bonds is 2. The van der Waals surface area contributed by atoms with E-state index < -0.39 is 0 Å². The normalized spacial score (nSPS) is 6.78. The zero-order valence-corrected chi connectivity index (χ0v) is 11.0. The SMILES string of the molecule is CC(=O)C[C-](C)C#N.[Rb+]. The second kappa shape index (κ2) is 6.95. The zero-order valence-electron chi connectivity index (χ0n) is 6.06. The Morgan fingerprint density at radius 3 is 2.33 bits per heavy atom. The summed E-state index contributed by atoms with van der Waals surface area (Å²) in [6.45, 7) is 3.13. The fraction of sp³-hybridized carbons (Fsp3) is 0.500. The molecule has 0 spiro atoms. The third kappa shape index (κ3) is 8.84. The van der Waals surface area contributed by atoms with E-state index in [9.17, 15) is 4.79 Å². The quantitative estimate of drug-likeness (QED) is 0.483. The van der Waals surface area contributed by atoms with Crippen molar-refractivity contribution in [2.45, 2.75) is 20.3 Å². The summed E-state index contributed by atoms with van der Waals surface area (Å²) in [4.78, 5) is 10.2. The average Bonchev–Trinajstić information content (AvgIpc) is 1.65. The van der Waals surface area contributed by atoms with Crippen molar-refractivity contribution >= 4 is 5.78 Å². The molecule has 0 amide bonds. The molecular weight excluding hydrogens is 188 g/mol. The van der Waals surface area contributed by atoms with Crippen molar-refractivity contribution in [3.8, 4) is 6.07 Å². The van der Waals surface area contributed by atoms with Crippen LogP contribution in [-0.2, 0) is 4.79 Å². The monoisotopic (exact) mass is 195 g/mol. The molecule has 0 aliphatic heterocycles. The van der Waals surface area contributed by atoms with E-state index in [0.717, 1.165) is 0 Å². The zero-order chi connectivity index (χ0) is 6.57. The largest absolute Gasteiger partial charge is 1.00 e. The molecule has 0 heterocycles. The predicted molar refractivity (Wildman–Crippen MR) is 29.8 cm³/mol. The molecule has 0 aliphatic rings. The van der Waals surface area contributed by atoms with E-state index in [1.165, 1.54) is 6.92 Å². The van der Waals surface area contributed by atoms with Crippen LogP contribution in [0.3, 0.4) is 0 Å². The van der Waals surface area contributed by atoms with Crippen LogP contribution in [0.2, 0.25) is 0 Å². The topological polar surface area (TPSA) is 40.9 Å². The van der Waals surface area contributed by atoms with Crippen LogP contribution in [0.5, 0.6) is 0 Å². The second-order valence-electron chi connectivity index (χ2n) is 1.77. The molecule has 0 aliphatic carbocycles. The molecule has 0 unspecified atom stereocenters. The van der Waals surface area contributed by atoms with Crippen LogP contribution in [0, 0.1) is 17.2 Å². The molecule has 0 fully saturated rings. The number of hydrogen-bond donors (Lipinski definition) is 0. The van der Waals surface area contributed by atoms with Crippen LogP contribution in [0.25, 0.3) is 0 Å². The van der Waals surface area contributed by atoms with Gasteiger partial charge in [0.25, 0.3) is 0 Å². The number of hydrogen-bond acceptors (Lipinski definition) is 2. The Kier molecular flexibility index (Phi) is 9.66. The minimum atomic E-state index is 0. The molecule has 0 radical (unpaired) electrons. The summed E-state index contributed by atoms with van der Waals surface area (Å²) < 4.78 is 0. The molecule has 9 heavy (non-hydrogen) atoms. The molecule has 0 N–H and O–H groups in total. The number of carbonyl (C=O) groups is 1. The van der Waals surface area contributed by atoms with Gasteiger partial charge in [-0.3, -0.25) is 5.92 Å². The molecule has 3 heteroatoms. The third-order valence-electron chi connectivity index (χ3n) is 0.705. The summed E-state index contributed by atoms with van der Waals surface area (Å²) in [5, 5.41) is 8.14. The van der Waals surface area contributed by atoms with Gasteiger partial charge in [0.2, 0.25) is 0 Å². The number of Topliss-reactive ketones (excluding diaryl/α,β-unsaturated/α-hetero) is 1. The summed E-state index contributed by atoms with van der Waals surface area (Å²) in [7, 11) is 0. The molecule has 0 aromatic carbocycles. The Bertz CT molecular complexity index is 128. The first-order valence-electron chi connectivity index (χ1n) is 2.38. The van der Waals surface area contributed by atoms with Gasteiger partial charge in [-0.25, -0.2) is 5.26 Å². The van der Waals surface area contributed by atoms with E-state index in [1.807, 2.05) is 6.07 Å². The number of carbonyl (C=O) groups excluding carboxylic acids is 1. The van der Waals surface area contributed by atoms with Crippen molar-refractivity contribution in [2.75, 3.05) is 0 Å². The standard InChI is InChI=1S/C6H8NO.Rb/c1-5(4-7)3-6(2)8;/h3H2,1-2H3;/q-1;+1. The first-order valence-corrected chi connectivity index (χ1v) is 2.38. The Balaban J connectivity index is 0. The summed E-state index contributed by atoms with van der Waals surface area (Å²) in [5.41, 5.74) is 0. The molecule has 0 atom stereocenters. The predicted octanol–water partition coefficient (Wildman–Crippen LogP) is -1.91. The maximum atomic E-state index is 10.2. The number of ketones is 1. The Hall–Kier alpha value is 0.835. The van der Waals surface area contributed by atoms with Gasteiger partial charge >= 0.3 is 58.2 Å². The van der Waals surface area contributed by atoms with Gasteiger partial charge in [-0.05, 0) is 6.92 Å². The fourth-order valence-electron chi connectivity index (χ4n) is 0.413. The number of nitriles is 1. The van der Waals surface area contributed by atoms with Crippen molar-refractivity contribution in [1.82, 2.24) is 0 Å². The van der Waals surface area contributed by atoms with Gasteiger partial charge in [0.05, 0.1) is 0 Å². The molecule has 0 aromatic rings. The molecular formula is C6H8NORb. The minimum absolute atomic E-state index is 0. The van der Waals surface area contributed by atoms with Gasteiger partial charge in [0.1, 0.15) is 5.78 Å². The summed E-state index contributed by atoms with van der Waals surface area (Å²) >= 11 is 0. The summed E-state index contributed by atoms with van der Waals surface area (Å²) in [6.07, 6.45) is 0.302. The average molecular weight is 196 g/mol. The minimum Gasteiger partial charge on any atom is -0.303 e. The van der Waals surface area contributed by atoms with Gasteiger partial charge in [-0.1, -0.05) is 6.42 Å². The first kappa shape index (κ1) is 12.5. The van der Waals surface area contributed by atoms with Gasteiger partial charge in [0, 0.05) is 0 Å². The smallest absolute Gasteiger partial charge is 0.303 e. The van der Waals surface area contributed by atoms with E-state index in [4.69, 9.17) is 5.26 Å². The number of nitrogens with zero attached hydrogens (tertiary/aromatic N) is 1. The first-order chi connectivity index (χ1) is 3.66. The van der Waals surface area contributed by atoms with Crippen LogP contribution in [0.4, 0.5) is 0 Å². The fourth-order valence-corrected chi connectivity index (χ4v) is 0.413. The van der Waals surface area contributed by atoms with Crippen LogP contribution in [0.15, 0.2) is 0 Å². The maximum Gasteiger partial charge on any atom is 1.00 e. The third-order valence-corrected chi connectivity index (χ3v) is 0.705. The van der Waals surface area contributed by atoms with Gasteiger partial charge < -0.3 is 4.79 Å². The van der Waals surface area contributed by atoms with Crippen LogP contribution in [-0.4, -0.2) is 5.78 Å². The maximum absolute atomic E-state index is 10.2. The van der Waals surface area contributed by atoms with E-state index in [0.29, 0.717) is 12.3 Å². The van der Waals surface area contributed by atoms with E-state index in [2.05, 4.69) is 0 Å².